The van der Waals surface area contributed by atoms with Gasteiger partial charge in [0.15, 0.2) is 0 Å². The largest absolute Gasteiger partial charge is 0.481 e. The number of nitrogens with one attached hydrogen (secondary N) is 1. The van der Waals surface area contributed by atoms with Gasteiger partial charge in [0.25, 0.3) is 0 Å². The molecule has 0 aliphatic carbocycles. The number of carbonyl (C=O) groups excluding carboxylic acids is 1. The predicted molar refractivity (Wildman–Crippen MR) is 83.4 cm³/mol. The highest BCUT2D eigenvalue weighted by Crippen LogP contribution is 2.10. The molecular formula is C16H24N2O3. The Kier molecular flexibility index (Phi) is 6.88. The van der Waals surface area contributed by atoms with Crippen molar-refractivity contribution >= 4 is 17.6 Å². The summed E-state index contributed by atoms with van der Waals surface area (Å²) in [5, 5.41) is 11.6. The van der Waals surface area contributed by atoms with Crippen LogP contribution in [0.5, 0.6) is 0 Å². The molecule has 0 aliphatic heterocycles. The first kappa shape index (κ1) is 17.2. The summed E-state index contributed by atoms with van der Waals surface area (Å²) < 4.78 is 0. The number of hydrogen-bond donors (Lipinski definition) is 2. The number of aryl methyl sites for hydroxylation is 1. The quantitative estimate of drug-likeness (QED) is 0.772. The van der Waals surface area contributed by atoms with Gasteiger partial charge in [0.1, 0.15) is 0 Å². The summed E-state index contributed by atoms with van der Waals surface area (Å²) in [5.74, 6) is -0.964. The number of aliphatic carboxylic acids is 1. The number of nitrogens with zero attached hydrogens (tertiary/aromatic N) is 1. The maximum atomic E-state index is 12.1. The van der Waals surface area contributed by atoms with Crippen LogP contribution in [0, 0.1) is 6.92 Å². The number of anilines is 1. The molecule has 2 N–H and O–H groups in total. The van der Waals surface area contributed by atoms with Crippen LogP contribution in [0.15, 0.2) is 24.3 Å². The lowest BCUT2D eigenvalue weighted by molar-refractivity contribution is -0.137. The fourth-order valence-corrected chi connectivity index (χ4v) is 2.06. The van der Waals surface area contributed by atoms with E-state index < -0.39 is 5.97 Å². The zero-order chi connectivity index (χ0) is 15.8. The second-order valence-electron chi connectivity index (χ2n) is 5.29. The number of rotatable bonds is 8. The van der Waals surface area contributed by atoms with Crippen LogP contribution in [0.4, 0.5) is 5.69 Å². The lowest BCUT2D eigenvalue weighted by Crippen LogP contribution is -2.40. The molecule has 21 heavy (non-hydrogen) atoms. The Morgan fingerprint density at radius 3 is 2.67 bits per heavy atom. The summed E-state index contributed by atoms with van der Waals surface area (Å²) in [7, 11) is 0. The lowest BCUT2D eigenvalue weighted by atomic mass is 10.2. The van der Waals surface area contributed by atoms with Gasteiger partial charge in [-0.3, -0.25) is 14.5 Å². The first-order valence-corrected chi connectivity index (χ1v) is 7.24. The molecule has 0 aliphatic rings. The molecule has 1 rings (SSSR count). The number of benzene rings is 1. The minimum atomic E-state index is -0.845. The Morgan fingerprint density at radius 2 is 2.10 bits per heavy atom. The molecule has 5 heteroatoms. The van der Waals surface area contributed by atoms with Crippen LogP contribution in [-0.2, 0) is 9.59 Å². The van der Waals surface area contributed by atoms with E-state index in [1.165, 1.54) is 0 Å². The van der Waals surface area contributed by atoms with E-state index in [2.05, 4.69) is 5.32 Å². The molecule has 1 atom stereocenters. The topological polar surface area (TPSA) is 69.6 Å². The third-order valence-corrected chi connectivity index (χ3v) is 3.48. The summed E-state index contributed by atoms with van der Waals surface area (Å²) in [6, 6.07) is 7.78. The molecule has 1 unspecified atom stereocenters. The predicted octanol–water partition coefficient (Wildman–Crippen LogP) is 2.51. The smallest absolute Gasteiger partial charge is 0.304 e. The van der Waals surface area contributed by atoms with Crippen molar-refractivity contribution in [2.45, 2.75) is 39.7 Å². The molecule has 0 fully saturated rings. The first-order chi connectivity index (χ1) is 9.92. The highest BCUT2D eigenvalue weighted by molar-refractivity contribution is 5.92. The van der Waals surface area contributed by atoms with Crippen LogP contribution in [-0.4, -0.2) is 41.0 Å². The molecule has 1 aromatic rings. The van der Waals surface area contributed by atoms with Gasteiger partial charge in [-0.25, -0.2) is 0 Å². The van der Waals surface area contributed by atoms with Gasteiger partial charge in [0.05, 0.1) is 13.0 Å². The Labute approximate surface area is 126 Å². The van der Waals surface area contributed by atoms with E-state index in [1.54, 1.807) is 0 Å². The zero-order valence-electron chi connectivity index (χ0n) is 12.9. The van der Waals surface area contributed by atoms with Crippen molar-refractivity contribution < 1.29 is 14.7 Å². The van der Waals surface area contributed by atoms with E-state index in [0.29, 0.717) is 6.54 Å². The van der Waals surface area contributed by atoms with Gasteiger partial charge in [-0.05, 0) is 38.0 Å². The second-order valence-corrected chi connectivity index (χ2v) is 5.29. The third kappa shape index (κ3) is 6.40. The summed E-state index contributed by atoms with van der Waals surface area (Å²) >= 11 is 0. The monoisotopic (exact) mass is 292 g/mol. The number of hydrogen-bond acceptors (Lipinski definition) is 3. The molecule has 1 amide bonds. The number of carboxylic acid groups (broad SMARTS) is 1. The van der Waals surface area contributed by atoms with E-state index in [1.807, 2.05) is 49.9 Å². The van der Waals surface area contributed by atoms with Crippen molar-refractivity contribution in [3.8, 4) is 0 Å². The molecule has 0 bridgehead atoms. The minimum absolute atomic E-state index is 0.0437. The fourth-order valence-electron chi connectivity index (χ4n) is 2.06. The Bertz CT molecular complexity index is 488. The maximum Gasteiger partial charge on any atom is 0.304 e. The highest BCUT2D eigenvalue weighted by atomic mass is 16.4. The van der Waals surface area contributed by atoms with Crippen molar-refractivity contribution in [1.29, 1.82) is 0 Å². The van der Waals surface area contributed by atoms with E-state index in [4.69, 9.17) is 5.11 Å². The summed E-state index contributed by atoms with van der Waals surface area (Å²) in [5.41, 5.74) is 1.85. The number of carbonyl (C=O) groups is 2. The van der Waals surface area contributed by atoms with Crippen LogP contribution < -0.4 is 5.32 Å². The van der Waals surface area contributed by atoms with Gasteiger partial charge in [-0.2, -0.15) is 0 Å². The zero-order valence-corrected chi connectivity index (χ0v) is 12.9. The molecule has 0 saturated heterocycles. The van der Waals surface area contributed by atoms with Crippen LogP contribution >= 0.6 is 0 Å². The molecule has 0 radical (unpaired) electrons. The average molecular weight is 292 g/mol. The standard InChI is InChI=1S/C16H24N2O3/c1-4-13(3)18(9-8-16(20)21)11-15(19)17-14-7-5-6-12(2)10-14/h5-7,10,13H,4,8-9,11H2,1-3H3,(H,17,19)(H,20,21). The summed E-state index contributed by atoms with van der Waals surface area (Å²) in [6.45, 7) is 6.58. The first-order valence-electron chi connectivity index (χ1n) is 7.24. The van der Waals surface area contributed by atoms with Crippen molar-refractivity contribution in [3.05, 3.63) is 29.8 Å². The van der Waals surface area contributed by atoms with E-state index in [-0.39, 0.29) is 24.9 Å². The number of amides is 1. The van der Waals surface area contributed by atoms with Crippen molar-refractivity contribution in [1.82, 2.24) is 4.90 Å². The molecule has 116 valence electrons. The normalized spacial score (nSPS) is 12.2. The average Bonchev–Trinajstić information content (AvgIpc) is 2.42. The number of carboxylic acids is 1. The molecule has 5 nitrogen and oxygen atoms in total. The van der Waals surface area contributed by atoms with Crippen molar-refractivity contribution in [2.24, 2.45) is 0 Å². The van der Waals surface area contributed by atoms with Gasteiger partial charge in [0.2, 0.25) is 5.91 Å². The van der Waals surface area contributed by atoms with Gasteiger partial charge < -0.3 is 10.4 Å². The SMILES string of the molecule is CCC(C)N(CCC(=O)O)CC(=O)Nc1cccc(C)c1. The third-order valence-electron chi connectivity index (χ3n) is 3.48. The maximum absolute atomic E-state index is 12.1. The minimum Gasteiger partial charge on any atom is -0.481 e. The second kappa shape index (κ2) is 8.42. The summed E-state index contributed by atoms with van der Waals surface area (Å²) in [6.07, 6.45) is 0.916. The Morgan fingerprint density at radius 1 is 1.38 bits per heavy atom. The molecule has 0 aromatic heterocycles. The van der Waals surface area contributed by atoms with Gasteiger partial charge in [-0.1, -0.05) is 19.1 Å². The van der Waals surface area contributed by atoms with Crippen molar-refractivity contribution in [2.75, 3.05) is 18.4 Å². The van der Waals surface area contributed by atoms with Gasteiger partial charge in [0, 0.05) is 18.3 Å². The fraction of sp³-hybridized carbons (Fsp3) is 0.500. The van der Waals surface area contributed by atoms with Gasteiger partial charge in [-0.15, -0.1) is 0 Å². The summed E-state index contributed by atoms with van der Waals surface area (Å²) in [4.78, 5) is 24.7. The molecule has 0 saturated carbocycles. The van der Waals surface area contributed by atoms with Gasteiger partial charge >= 0.3 is 5.97 Å². The van der Waals surface area contributed by atoms with E-state index >= 15 is 0 Å². The van der Waals surface area contributed by atoms with Crippen LogP contribution in [0.25, 0.3) is 0 Å². The molecule has 0 heterocycles. The van der Waals surface area contributed by atoms with Crippen LogP contribution in [0.3, 0.4) is 0 Å². The van der Waals surface area contributed by atoms with Crippen LogP contribution in [0.1, 0.15) is 32.3 Å². The molecule has 1 aromatic carbocycles. The highest BCUT2D eigenvalue weighted by Gasteiger charge is 2.17. The van der Waals surface area contributed by atoms with Crippen molar-refractivity contribution in [3.63, 3.8) is 0 Å². The molecule has 0 spiro atoms. The van der Waals surface area contributed by atoms with E-state index in [0.717, 1.165) is 17.7 Å². The Hall–Kier alpha value is -1.88. The van der Waals surface area contributed by atoms with E-state index in [9.17, 15) is 9.59 Å². The van der Waals surface area contributed by atoms with Crippen LogP contribution in [0.2, 0.25) is 0 Å². The molecular weight excluding hydrogens is 268 g/mol. The Balaban J connectivity index is 2.60. The lowest BCUT2D eigenvalue weighted by Gasteiger charge is -2.27.